The van der Waals surface area contributed by atoms with Gasteiger partial charge < -0.3 is 25.7 Å². The SMILES string of the molecule is CCOC(=O)c1sc(N(C)CC2=C(C(=O)O)N3C(=O)C(NC(=O)/C(=N/OC)c4csc(N)n4)[C@H]3SC2)[n+](C)c1C. The van der Waals surface area contributed by atoms with Gasteiger partial charge in [0.25, 0.3) is 11.8 Å². The second-order valence-electron chi connectivity index (χ2n) is 8.75. The van der Waals surface area contributed by atoms with E-state index in [0.29, 0.717) is 16.2 Å². The maximum absolute atomic E-state index is 13.1. The van der Waals surface area contributed by atoms with Crippen LogP contribution in [0.4, 0.5) is 10.3 Å². The minimum Gasteiger partial charge on any atom is -0.477 e. The summed E-state index contributed by atoms with van der Waals surface area (Å²) in [5, 5.41) is 18.3. The molecule has 2 aromatic heterocycles. The van der Waals surface area contributed by atoms with Crippen molar-refractivity contribution >= 4 is 74.2 Å². The first-order chi connectivity index (χ1) is 19.0. The van der Waals surface area contributed by atoms with Crippen LogP contribution in [0.2, 0.25) is 0 Å². The van der Waals surface area contributed by atoms with Gasteiger partial charge in [0.1, 0.15) is 42.2 Å². The molecule has 1 saturated heterocycles. The largest absolute Gasteiger partial charge is 0.477 e. The maximum atomic E-state index is 13.1. The fourth-order valence-corrected chi connectivity index (χ4v) is 7.30. The number of rotatable bonds is 10. The summed E-state index contributed by atoms with van der Waals surface area (Å²) in [6, 6.07) is -0.964. The quantitative estimate of drug-likeness (QED) is 0.111. The van der Waals surface area contributed by atoms with Gasteiger partial charge in [0.05, 0.1) is 20.7 Å². The number of thiazole rings is 2. The summed E-state index contributed by atoms with van der Waals surface area (Å²) in [7, 11) is 4.87. The van der Waals surface area contributed by atoms with Gasteiger partial charge in [-0.25, -0.2) is 19.1 Å². The number of anilines is 2. The van der Waals surface area contributed by atoms with Crippen LogP contribution in [0.1, 0.15) is 28.0 Å². The second kappa shape index (κ2) is 11.8. The van der Waals surface area contributed by atoms with Crippen molar-refractivity contribution in [2.75, 3.05) is 43.7 Å². The number of esters is 1. The number of β-lactam (4-membered cyclic amide) rings is 1. The number of ether oxygens (including phenoxy) is 1. The molecule has 4 N–H and O–H groups in total. The molecule has 0 aromatic carbocycles. The van der Waals surface area contributed by atoms with Crippen LogP contribution in [0.25, 0.3) is 0 Å². The zero-order valence-electron chi connectivity index (χ0n) is 22.3. The van der Waals surface area contributed by atoms with E-state index >= 15 is 0 Å². The third-order valence-corrected chi connectivity index (χ3v) is 9.67. The van der Waals surface area contributed by atoms with Crippen molar-refractivity contribution in [2.24, 2.45) is 12.2 Å². The van der Waals surface area contributed by atoms with Crippen molar-refractivity contribution < 1.29 is 38.4 Å². The molecule has 0 aliphatic carbocycles. The number of hydrogen-bond acceptors (Lipinski definition) is 13. The number of nitrogens with zero attached hydrogens (tertiary/aromatic N) is 5. The number of nitrogens with one attached hydrogen (secondary N) is 1. The lowest BCUT2D eigenvalue weighted by Crippen LogP contribution is -2.71. The number of amides is 2. The monoisotopic (exact) mass is 610 g/mol. The minimum absolute atomic E-state index is 0.120. The first-order valence-electron chi connectivity index (χ1n) is 11.9. The van der Waals surface area contributed by atoms with Crippen LogP contribution in [-0.4, -0.2) is 88.9 Å². The molecule has 17 heteroatoms. The van der Waals surface area contributed by atoms with Gasteiger partial charge in [0.15, 0.2) is 15.7 Å². The number of hydrogen-bond donors (Lipinski definition) is 3. The Morgan fingerprint density at radius 3 is 2.73 bits per heavy atom. The lowest BCUT2D eigenvalue weighted by Gasteiger charge is -2.49. The number of carboxylic acids is 1. The molecule has 1 unspecified atom stereocenters. The van der Waals surface area contributed by atoms with Crippen molar-refractivity contribution in [1.29, 1.82) is 0 Å². The van der Waals surface area contributed by atoms with E-state index in [1.807, 2.05) is 23.4 Å². The normalized spacial score (nSPS) is 18.7. The molecule has 2 aromatic rings. The van der Waals surface area contributed by atoms with Crippen LogP contribution in [0, 0.1) is 6.92 Å². The van der Waals surface area contributed by atoms with Crippen LogP contribution in [0.15, 0.2) is 21.8 Å². The van der Waals surface area contributed by atoms with Crippen LogP contribution in [0.5, 0.6) is 0 Å². The molecule has 1 fully saturated rings. The highest BCUT2D eigenvalue weighted by atomic mass is 32.2. The third-order valence-electron chi connectivity index (χ3n) is 6.23. The van der Waals surface area contributed by atoms with Gasteiger partial charge in [0.2, 0.25) is 0 Å². The lowest BCUT2D eigenvalue weighted by atomic mass is 10.0. The molecule has 0 radical (unpaired) electrons. The Kier molecular flexibility index (Phi) is 8.65. The number of carbonyl (C=O) groups excluding carboxylic acids is 3. The molecule has 2 atom stereocenters. The van der Waals surface area contributed by atoms with Crippen LogP contribution < -0.4 is 20.5 Å². The number of nitrogen functional groups attached to an aromatic ring is 1. The number of fused-ring (bicyclic) bond motifs is 1. The summed E-state index contributed by atoms with van der Waals surface area (Å²) in [4.78, 5) is 63.1. The van der Waals surface area contributed by atoms with Gasteiger partial charge in [-0.3, -0.25) is 19.4 Å². The predicted octanol–water partition coefficient (Wildman–Crippen LogP) is 0.322. The Labute approximate surface area is 241 Å². The van der Waals surface area contributed by atoms with E-state index in [1.54, 1.807) is 14.0 Å². The predicted molar refractivity (Wildman–Crippen MR) is 149 cm³/mol. The van der Waals surface area contributed by atoms with Crippen LogP contribution in [-0.2, 0) is 31.0 Å². The molecule has 2 aliphatic rings. The number of aliphatic carboxylic acids is 1. The summed E-state index contributed by atoms with van der Waals surface area (Å²) in [5.41, 5.74) is 6.84. The molecule has 0 spiro atoms. The number of thioether (sulfide) groups is 1. The first kappa shape index (κ1) is 29.3. The van der Waals surface area contributed by atoms with Crippen LogP contribution in [0.3, 0.4) is 0 Å². The van der Waals surface area contributed by atoms with Crippen molar-refractivity contribution in [3.63, 3.8) is 0 Å². The highest BCUT2D eigenvalue weighted by molar-refractivity contribution is 8.00. The number of aromatic nitrogens is 2. The maximum Gasteiger partial charge on any atom is 0.352 e. The van der Waals surface area contributed by atoms with Gasteiger partial charge in [-0.1, -0.05) is 5.16 Å². The van der Waals surface area contributed by atoms with Gasteiger partial charge in [-0.05, 0) is 25.2 Å². The summed E-state index contributed by atoms with van der Waals surface area (Å²) < 4.78 is 6.98. The molecule has 2 aliphatic heterocycles. The average molecular weight is 611 g/mol. The zero-order chi connectivity index (χ0) is 29.3. The Morgan fingerprint density at radius 2 is 2.12 bits per heavy atom. The summed E-state index contributed by atoms with van der Waals surface area (Å²) in [6.45, 7) is 4.00. The van der Waals surface area contributed by atoms with E-state index < -0.39 is 35.2 Å². The molecular weight excluding hydrogens is 582 g/mol. The van der Waals surface area contributed by atoms with Crippen molar-refractivity contribution in [2.45, 2.75) is 25.3 Å². The lowest BCUT2D eigenvalue weighted by molar-refractivity contribution is -0.660. The van der Waals surface area contributed by atoms with Crippen LogP contribution >= 0.6 is 34.4 Å². The fourth-order valence-electron chi connectivity index (χ4n) is 4.31. The van der Waals surface area contributed by atoms with E-state index in [9.17, 15) is 24.3 Å². The molecule has 4 rings (SSSR count). The number of likely N-dealkylation sites (N-methyl/N-ethyl adjacent to an activating group) is 1. The smallest absolute Gasteiger partial charge is 0.352 e. The van der Waals surface area contributed by atoms with E-state index in [1.165, 1.54) is 40.5 Å². The van der Waals surface area contributed by atoms with Gasteiger partial charge >= 0.3 is 17.1 Å². The zero-order valence-corrected chi connectivity index (χ0v) is 24.7. The Bertz CT molecular complexity index is 1430. The molecule has 214 valence electrons. The van der Waals surface area contributed by atoms with Gasteiger partial charge in [-0.15, -0.1) is 23.1 Å². The summed E-state index contributed by atoms with van der Waals surface area (Å²) in [5.74, 6) is -2.61. The standard InChI is InChI=1S/C23H27N7O7S3/c1-6-37-21(35)16-10(2)29(4)23(40-16)28(3)7-11-8-38-19-14(18(32)30(19)15(11)20(33)34)26-17(31)13(27-36-5)12-9-39-22(24)25-12/h9,14,19H,6-8H2,1-5H3,(H3-,24,25,26,31,33,34)/p+1/b27-13+/t14?,19-/m1/s1. The molecule has 0 bridgehead atoms. The topological polar surface area (TPSA) is 181 Å². The highest BCUT2D eigenvalue weighted by Crippen LogP contribution is 2.41. The van der Waals surface area contributed by atoms with E-state index in [0.717, 1.165) is 22.2 Å². The fraction of sp³-hybridized carbons (Fsp3) is 0.435. The number of nitrogens with two attached hydrogens (primary N) is 1. The summed E-state index contributed by atoms with van der Waals surface area (Å²) >= 11 is 3.71. The van der Waals surface area contributed by atoms with Crippen molar-refractivity contribution in [3.8, 4) is 0 Å². The molecule has 14 nitrogen and oxygen atoms in total. The summed E-state index contributed by atoms with van der Waals surface area (Å²) in [6.07, 6.45) is 0. The minimum atomic E-state index is -1.25. The number of oxime groups is 1. The van der Waals surface area contributed by atoms with Gasteiger partial charge in [0, 0.05) is 16.7 Å². The molecular formula is C23H28N7O7S3+. The second-order valence-corrected chi connectivity index (χ2v) is 11.7. The average Bonchev–Trinajstić information content (AvgIpc) is 3.47. The van der Waals surface area contributed by atoms with Crippen molar-refractivity contribution in [3.05, 3.63) is 32.9 Å². The Hall–Kier alpha value is -3.70. The van der Waals surface area contributed by atoms with Crippen molar-refractivity contribution in [1.82, 2.24) is 15.2 Å². The molecule has 40 heavy (non-hydrogen) atoms. The van der Waals surface area contributed by atoms with E-state index in [-0.39, 0.29) is 35.4 Å². The molecule has 0 saturated carbocycles. The highest BCUT2D eigenvalue weighted by Gasteiger charge is 2.54. The van der Waals surface area contributed by atoms with Gasteiger partial charge in [-0.2, -0.15) is 0 Å². The Balaban J connectivity index is 1.53. The first-order valence-corrected chi connectivity index (χ1v) is 14.7. The van der Waals surface area contributed by atoms with E-state index in [2.05, 4.69) is 15.5 Å². The number of carbonyl (C=O) groups is 4. The third kappa shape index (κ3) is 5.35. The van der Waals surface area contributed by atoms with E-state index in [4.69, 9.17) is 15.3 Å². The molecule has 2 amide bonds. The Morgan fingerprint density at radius 1 is 1.40 bits per heavy atom. The number of carboxylic acid groups (broad SMARTS) is 1. The molecule has 4 heterocycles.